The fourth-order valence-electron chi connectivity index (χ4n) is 3.36. The standard InChI is InChI=1S/C25H38O2/c1-7-8-14-24(26)27-19-17-21(3)12-9-11-20(2)15-16-23-22(4)13-10-18-25(23,5)6/h9,11-12,15-17H,7-8,10,13-14,18-19H2,1-6H3/b12-9+,16-15+,20-11+,21-17+. The lowest BCUT2D eigenvalue weighted by Gasteiger charge is -2.32. The lowest BCUT2D eigenvalue weighted by atomic mass is 9.72. The molecule has 0 amide bonds. The fourth-order valence-corrected chi connectivity index (χ4v) is 3.36. The van der Waals surface area contributed by atoms with Crippen LogP contribution in [-0.4, -0.2) is 12.6 Å². The topological polar surface area (TPSA) is 26.3 Å². The lowest BCUT2D eigenvalue weighted by Crippen LogP contribution is -2.19. The predicted molar refractivity (Wildman–Crippen MR) is 117 cm³/mol. The highest BCUT2D eigenvalue weighted by Gasteiger charge is 2.26. The van der Waals surface area contributed by atoms with Crippen LogP contribution in [0.25, 0.3) is 0 Å². The lowest BCUT2D eigenvalue weighted by molar-refractivity contribution is -0.142. The van der Waals surface area contributed by atoms with E-state index >= 15 is 0 Å². The van der Waals surface area contributed by atoms with E-state index in [0.717, 1.165) is 18.4 Å². The predicted octanol–water partition coefficient (Wildman–Crippen LogP) is 7.25. The first-order valence-corrected chi connectivity index (χ1v) is 10.3. The third-order valence-corrected chi connectivity index (χ3v) is 5.16. The molecule has 0 N–H and O–H groups in total. The molecule has 0 radical (unpaired) electrons. The maximum Gasteiger partial charge on any atom is 0.306 e. The molecule has 0 bridgehead atoms. The summed E-state index contributed by atoms with van der Waals surface area (Å²) in [4.78, 5) is 11.5. The molecule has 2 nitrogen and oxygen atoms in total. The summed E-state index contributed by atoms with van der Waals surface area (Å²) in [6.45, 7) is 13.5. The van der Waals surface area contributed by atoms with Gasteiger partial charge in [-0.1, -0.05) is 74.3 Å². The van der Waals surface area contributed by atoms with E-state index in [1.807, 2.05) is 19.1 Å². The molecule has 27 heavy (non-hydrogen) atoms. The van der Waals surface area contributed by atoms with Crippen molar-refractivity contribution in [1.29, 1.82) is 0 Å². The maximum atomic E-state index is 11.5. The zero-order valence-corrected chi connectivity index (χ0v) is 18.2. The van der Waals surface area contributed by atoms with Crippen molar-refractivity contribution in [3.8, 4) is 0 Å². The number of unbranched alkanes of at least 4 members (excludes halogenated alkanes) is 1. The van der Waals surface area contributed by atoms with Crippen molar-refractivity contribution in [3.05, 3.63) is 58.7 Å². The van der Waals surface area contributed by atoms with Gasteiger partial charge in [-0.2, -0.15) is 0 Å². The highest BCUT2D eigenvalue weighted by Crippen LogP contribution is 2.40. The normalized spacial score (nSPS) is 18.6. The first kappa shape index (κ1) is 23.2. The number of ether oxygens (including phenoxy) is 1. The Kier molecular flexibility index (Phi) is 10.1. The molecule has 1 aliphatic rings. The van der Waals surface area contributed by atoms with E-state index in [9.17, 15) is 4.79 Å². The Balaban J connectivity index is 2.55. The van der Waals surface area contributed by atoms with E-state index in [4.69, 9.17) is 4.74 Å². The van der Waals surface area contributed by atoms with Crippen molar-refractivity contribution in [1.82, 2.24) is 0 Å². The Labute approximate surface area is 166 Å². The molecular weight excluding hydrogens is 332 g/mol. The van der Waals surface area contributed by atoms with Gasteiger partial charge in [0.2, 0.25) is 0 Å². The van der Waals surface area contributed by atoms with Gasteiger partial charge in [-0.15, -0.1) is 0 Å². The van der Waals surface area contributed by atoms with Gasteiger partial charge in [0.15, 0.2) is 0 Å². The fraction of sp³-hybridized carbons (Fsp3) is 0.560. The van der Waals surface area contributed by atoms with Crippen LogP contribution >= 0.6 is 0 Å². The summed E-state index contributed by atoms with van der Waals surface area (Å²) >= 11 is 0. The smallest absolute Gasteiger partial charge is 0.306 e. The Morgan fingerprint density at radius 3 is 2.59 bits per heavy atom. The molecule has 0 aromatic carbocycles. The van der Waals surface area contributed by atoms with Crippen molar-refractivity contribution >= 4 is 5.97 Å². The van der Waals surface area contributed by atoms with Crippen LogP contribution in [0.2, 0.25) is 0 Å². The molecule has 0 heterocycles. The van der Waals surface area contributed by atoms with Gasteiger partial charge in [-0.25, -0.2) is 0 Å². The van der Waals surface area contributed by atoms with Crippen LogP contribution in [0.1, 0.15) is 80.1 Å². The second-order valence-corrected chi connectivity index (χ2v) is 8.27. The first-order valence-electron chi connectivity index (χ1n) is 10.3. The Bertz CT molecular complexity index is 639. The molecule has 1 aliphatic carbocycles. The number of carbonyl (C=O) groups is 1. The summed E-state index contributed by atoms with van der Waals surface area (Å²) in [6.07, 6.45) is 18.9. The molecule has 2 heteroatoms. The van der Waals surface area contributed by atoms with Crippen LogP contribution in [0.4, 0.5) is 0 Å². The summed E-state index contributed by atoms with van der Waals surface area (Å²) in [7, 11) is 0. The molecule has 0 aromatic rings. The van der Waals surface area contributed by atoms with E-state index < -0.39 is 0 Å². The summed E-state index contributed by atoms with van der Waals surface area (Å²) in [5.74, 6) is -0.110. The van der Waals surface area contributed by atoms with E-state index in [1.54, 1.807) is 0 Å². The largest absolute Gasteiger partial charge is 0.461 e. The van der Waals surface area contributed by atoms with Crippen LogP contribution in [-0.2, 0) is 9.53 Å². The number of rotatable bonds is 9. The number of allylic oxidation sites excluding steroid dienone is 9. The molecule has 0 saturated carbocycles. The van der Waals surface area contributed by atoms with Gasteiger partial charge in [0.1, 0.15) is 6.61 Å². The summed E-state index contributed by atoms with van der Waals surface area (Å²) < 4.78 is 5.20. The zero-order chi connectivity index (χ0) is 20.3. The van der Waals surface area contributed by atoms with Gasteiger partial charge in [-0.3, -0.25) is 4.79 Å². The Morgan fingerprint density at radius 2 is 1.93 bits per heavy atom. The van der Waals surface area contributed by atoms with Crippen molar-refractivity contribution < 1.29 is 9.53 Å². The van der Waals surface area contributed by atoms with Gasteiger partial charge in [0.25, 0.3) is 0 Å². The van der Waals surface area contributed by atoms with E-state index in [1.165, 1.54) is 36.0 Å². The van der Waals surface area contributed by atoms with Crippen molar-refractivity contribution in [2.75, 3.05) is 6.61 Å². The number of carbonyl (C=O) groups excluding carboxylic acids is 1. The number of hydrogen-bond donors (Lipinski definition) is 0. The minimum Gasteiger partial charge on any atom is -0.461 e. The molecule has 0 unspecified atom stereocenters. The van der Waals surface area contributed by atoms with Crippen LogP contribution in [0, 0.1) is 5.41 Å². The quantitative estimate of drug-likeness (QED) is 0.315. The number of esters is 1. The van der Waals surface area contributed by atoms with Gasteiger partial charge < -0.3 is 4.74 Å². The minimum absolute atomic E-state index is 0.110. The molecule has 0 spiro atoms. The molecular formula is C25H38O2. The third kappa shape index (κ3) is 9.08. The number of hydrogen-bond acceptors (Lipinski definition) is 2. The van der Waals surface area contributed by atoms with Gasteiger partial charge in [0, 0.05) is 6.42 Å². The van der Waals surface area contributed by atoms with Gasteiger partial charge in [-0.05, 0) is 63.5 Å². The van der Waals surface area contributed by atoms with E-state index in [-0.39, 0.29) is 11.4 Å². The molecule has 0 aliphatic heterocycles. The van der Waals surface area contributed by atoms with Crippen molar-refractivity contribution in [3.63, 3.8) is 0 Å². The van der Waals surface area contributed by atoms with E-state index in [0.29, 0.717) is 13.0 Å². The summed E-state index contributed by atoms with van der Waals surface area (Å²) in [5.41, 5.74) is 5.62. The summed E-state index contributed by atoms with van der Waals surface area (Å²) in [6, 6.07) is 0. The second-order valence-electron chi connectivity index (χ2n) is 8.27. The van der Waals surface area contributed by atoms with Crippen molar-refractivity contribution in [2.45, 2.75) is 80.1 Å². The Hall–Kier alpha value is -1.83. The molecule has 0 aromatic heterocycles. The van der Waals surface area contributed by atoms with Crippen LogP contribution in [0.5, 0.6) is 0 Å². The average molecular weight is 371 g/mol. The molecule has 1 rings (SSSR count). The molecule has 0 saturated heterocycles. The van der Waals surface area contributed by atoms with Gasteiger partial charge in [0.05, 0.1) is 0 Å². The zero-order valence-electron chi connectivity index (χ0n) is 18.2. The second kappa shape index (κ2) is 11.8. The Morgan fingerprint density at radius 1 is 1.19 bits per heavy atom. The summed E-state index contributed by atoms with van der Waals surface area (Å²) in [5, 5.41) is 0. The highest BCUT2D eigenvalue weighted by atomic mass is 16.5. The minimum atomic E-state index is -0.110. The van der Waals surface area contributed by atoms with Gasteiger partial charge >= 0.3 is 5.97 Å². The first-order chi connectivity index (χ1) is 12.8. The third-order valence-electron chi connectivity index (χ3n) is 5.16. The molecule has 0 atom stereocenters. The van der Waals surface area contributed by atoms with Crippen LogP contribution in [0.3, 0.4) is 0 Å². The van der Waals surface area contributed by atoms with Crippen LogP contribution in [0.15, 0.2) is 58.7 Å². The average Bonchev–Trinajstić information content (AvgIpc) is 2.59. The monoisotopic (exact) mass is 370 g/mol. The highest BCUT2D eigenvalue weighted by molar-refractivity contribution is 5.69. The SMILES string of the molecule is CCCCC(=O)OC/C=C(C)/C=C/C=C(C)/C=C/C1=C(C)CCCC1(C)C. The van der Waals surface area contributed by atoms with Crippen molar-refractivity contribution in [2.24, 2.45) is 5.41 Å². The molecule has 0 fully saturated rings. The van der Waals surface area contributed by atoms with E-state index in [2.05, 4.69) is 58.9 Å². The maximum absolute atomic E-state index is 11.5. The molecule has 150 valence electrons. The van der Waals surface area contributed by atoms with Crippen LogP contribution < -0.4 is 0 Å².